The van der Waals surface area contributed by atoms with E-state index in [1.165, 1.54) is 0 Å². The van der Waals surface area contributed by atoms with Crippen LogP contribution in [-0.4, -0.2) is 34.2 Å². The summed E-state index contributed by atoms with van der Waals surface area (Å²) < 4.78 is 5.32. The third kappa shape index (κ3) is 4.01. The van der Waals surface area contributed by atoms with Gasteiger partial charge in [-0.05, 0) is 31.6 Å². The second kappa shape index (κ2) is 6.02. The summed E-state index contributed by atoms with van der Waals surface area (Å²) in [5.41, 5.74) is 5.36. The number of thioether (sulfide) groups is 1. The van der Waals surface area contributed by atoms with Gasteiger partial charge in [0.15, 0.2) is 0 Å². The van der Waals surface area contributed by atoms with Gasteiger partial charge in [0, 0.05) is 5.92 Å². The molecule has 2 rings (SSSR count). The van der Waals surface area contributed by atoms with Crippen LogP contribution in [-0.2, 0) is 4.79 Å². The Morgan fingerprint density at radius 2 is 2.35 bits per heavy atom. The average molecular weight is 256 g/mol. The zero-order valence-corrected chi connectivity index (χ0v) is 10.3. The minimum atomic E-state index is -0.113. The molecule has 17 heavy (non-hydrogen) atoms. The summed E-state index contributed by atoms with van der Waals surface area (Å²) >= 11 is 1.55. The van der Waals surface area contributed by atoms with E-state index < -0.39 is 0 Å². The highest BCUT2D eigenvalue weighted by molar-refractivity contribution is 7.99. The van der Waals surface area contributed by atoms with Gasteiger partial charge in [-0.2, -0.15) is 11.8 Å². The van der Waals surface area contributed by atoms with Crippen LogP contribution in [0, 0.1) is 0 Å². The Morgan fingerprint density at radius 3 is 3.06 bits per heavy atom. The van der Waals surface area contributed by atoms with E-state index in [1.54, 1.807) is 11.8 Å². The Morgan fingerprint density at radius 1 is 1.53 bits per heavy atom. The van der Waals surface area contributed by atoms with Crippen LogP contribution in [0.2, 0.25) is 0 Å². The molecule has 1 saturated carbocycles. The molecule has 1 aromatic heterocycles. The third-order valence-corrected chi connectivity index (χ3v) is 3.38. The highest BCUT2D eigenvalue weighted by Crippen LogP contribution is 2.39. The first-order chi connectivity index (χ1) is 8.29. The van der Waals surface area contributed by atoms with Crippen molar-refractivity contribution in [2.24, 2.45) is 5.73 Å². The van der Waals surface area contributed by atoms with E-state index in [9.17, 15) is 4.79 Å². The quantitative estimate of drug-likeness (QED) is 0.706. The van der Waals surface area contributed by atoms with Gasteiger partial charge in [0.2, 0.25) is 11.8 Å². The topological polar surface area (TPSA) is 94.0 Å². The Balaban J connectivity index is 1.69. The molecular formula is C10H16N4O2S. The molecule has 0 aromatic carbocycles. The van der Waals surface area contributed by atoms with E-state index in [0.717, 1.165) is 25.0 Å². The van der Waals surface area contributed by atoms with Crippen molar-refractivity contribution in [2.75, 3.05) is 23.4 Å². The molecule has 0 spiro atoms. The summed E-state index contributed by atoms with van der Waals surface area (Å²) in [6, 6.07) is 0.205. The number of carbonyl (C=O) groups is 1. The van der Waals surface area contributed by atoms with Crippen LogP contribution in [0.1, 0.15) is 31.1 Å². The van der Waals surface area contributed by atoms with Gasteiger partial charge in [0.25, 0.3) is 0 Å². The van der Waals surface area contributed by atoms with E-state index in [0.29, 0.717) is 24.1 Å². The van der Waals surface area contributed by atoms with Crippen molar-refractivity contribution in [3.63, 3.8) is 0 Å². The highest BCUT2D eigenvalue weighted by Gasteiger charge is 2.29. The van der Waals surface area contributed by atoms with Crippen molar-refractivity contribution in [1.29, 1.82) is 0 Å². The van der Waals surface area contributed by atoms with Gasteiger partial charge >= 0.3 is 6.01 Å². The number of carbonyl (C=O) groups excluding carboxylic acids is 1. The van der Waals surface area contributed by atoms with E-state index >= 15 is 0 Å². The third-order valence-electron chi connectivity index (χ3n) is 2.34. The number of aromatic nitrogens is 2. The smallest absolute Gasteiger partial charge is 0.322 e. The fraction of sp³-hybridized carbons (Fsp3) is 0.700. The van der Waals surface area contributed by atoms with E-state index in [4.69, 9.17) is 10.2 Å². The molecule has 0 radical (unpaired) electrons. The molecule has 3 N–H and O–H groups in total. The van der Waals surface area contributed by atoms with Crippen molar-refractivity contribution in [3.8, 4) is 0 Å². The highest BCUT2D eigenvalue weighted by atomic mass is 32.2. The lowest BCUT2D eigenvalue weighted by molar-refractivity contribution is -0.113. The number of nitrogens with two attached hydrogens (primary N) is 1. The predicted octanol–water partition coefficient (Wildman–Crippen LogP) is 0.967. The second-order valence-corrected chi connectivity index (χ2v) is 5.07. The molecule has 0 saturated heterocycles. The van der Waals surface area contributed by atoms with Crippen molar-refractivity contribution in [2.45, 2.75) is 25.2 Å². The molecule has 0 unspecified atom stereocenters. The number of amides is 1. The van der Waals surface area contributed by atoms with Crippen molar-refractivity contribution in [3.05, 3.63) is 5.89 Å². The molecule has 0 aliphatic heterocycles. The van der Waals surface area contributed by atoms with Gasteiger partial charge in [-0.3, -0.25) is 10.1 Å². The first-order valence-corrected chi connectivity index (χ1v) is 6.86. The van der Waals surface area contributed by atoms with Crippen LogP contribution in [0.15, 0.2) is 4.42 Å². The van der Waals surface area contributed by atoms with Crippen LogP contribution < -0.4 is 11.1 Å². The average Bonchev–Trinajstić information content (AvgIpc) is 3.07. The van der Waals surface area contributed by atoms with Gasteiger partial charge in [-0.25, -0.2) is 0 Å². The zero-order chi connectivity index (χ0) is 12.1. The Bertz CT molecular complexity index is 378. The van der Waals surface area contributed by atoms with Crippen LogP contribution >= 0.6 is 11.8 Å². The Hall–Kier alpha value is -1.08. The molecule has 7 heteroatoms. The Kier molecular flexibility index (Phi) is 4.38. The lowest BCUT2D eigenvalue weighted by atomic mass is 10.4. The maximum absolute atomic E-state index is 11.5. The Labute approximate surface area is 104 Å². The molecule has 1 aliphatic carbocycles. The van der Waals surface area contributed by atoms with Crippen molar-refractivity contribution >= 4 is 23.7 Å². The number of nitrogens with one attached hydrogen (secondary N) is 1. The number of hydrogen-bond donors (Lipinski definition) is 2. The predicted molar refractivity (Wildman–Crippen MR) is 65.9 cm³/mol. The minimum Gasteiger partial charge on any atom is -0.408 e. The number of hydrogen-bond acceptors (Lipinski definition) is 6. The molecular weight excluding hydrogens is 240 g/mol. The lowest BCUT2D eigenvalue weighted by Gasteiger charge is -1.99. The molecule has 1 amide bonds. The number of nitrogens with zero attached hydrogens (tertiary/aromatic N) is 2. The summed E-state index contributed by atoms with van der Waals surface area (Å²) in [4.78, 5) is 11.5. The molecule has 6 nitrogen and oxygen atoms in total. The molecule has 1 fully saturated rings. The summed E-state index contributed by atoms with van der Waals surface area (Å²) in [7, 11) is 0. The summed E-state index contributed by atoms with van der Waals surface area (Å²) in [5, 5.41) is 10.3. The van der Waals surface area contributed by atoms with Gasteiger partial charge in [0.1, 0.15) is 0 Å². The van der Waals surface area contributed by atoms with E-state index in [-0.39, 0.29) is 11.9 Å². The second-order valence-electron chi connectivity index (χ2n) is 3.96. The number of anilines is 1. The minimum absolute atomic E-state index is 0.113. The SMILES string of the molecule is NCCCSCC(=O)Nc1nnc(C2CC2)o1. The van der Waals surface area contributed by atoms with Crippen LogP contribution in [0.25, 0.3) is 0 Å². The van der Waals surface area contributed by atoms with Crippen LogP contribution in [0.4, 0.5) is 6.01 Å². The first-order valence-electron chi connectivity index (χ1n) is 5.70. The van der Waals surface area contributed by atoms with Crippen LogP contribution in [0.5, 0.6) is 0 Å². The largest absolute Gasteiger partial charge is 0.408 e. The molecule has 1 aromatic rings. The van der Waals surface area contributed by atoms with Gasteiger partial charge in [-0.1, -0.05) is 5.10 Å². The molecule has 1 heterocycles. The monoisotopic (exact) mass is 256 g/mol. The molecule has 1 aliphatic rings. The van der Waals surface area contributed by atoms with Crippen molar-refractivity contribution in [1.82, 2.24) is 10.2 Å². The molecule has 0 atom stereocenters. The summed E-state index contributed by atoms with van der Waals surface area (Å²) in [6.45, 7) is 0.656. The zero-order valence-electron chi connectivity index (χ0n) is 9.52. The summed E-state index contributed by atoms with van der Waals surface area (Å²) in [5.74, 6) is 2.21. The fourth-order valence-corrected chi connectivity index (χ4v) is 2.06. The van der Waals surface area contributed by atoms with Gasteiger partial charge in [0.05, 0.1) is 5.75 Å². The number of rotatable bonds is 7. The summed E-state index contributed by atoms with van der Waals surface area (Å²) in [6.07, 6.45) is 3.12. The first kappa shape index (κ1) is 12.4. The van der Waals surface area contributed by atoms with Gasteiger partial charge in [-0.15, -0.1) is 5.10 Å². The van der Waals surface area contributed by atoms with Crippen LogP contribution in [0.3, 0.4) is 0 Å². The fourth-order valence-electron chi connectivity index (χ4n) is 1.29. The lowest BCUT2D eigenvalue weighted by Crippen LogP contribution is -2.15. The maximum Gasteiger partial charge on any atom is 0.322 e. The van der Waals surface area contributed by atoms with Crippen molar-refractivity contribution < 1.29 is 9.21 Å². The van der Waals surface area contributed by atoms with Gasteiger partial charge < -0.3 is 10.2 Å². The normalized spacial score (nSPS) is 14.9. The molecule has 94 valence electrons. The standard InChI is InChI=1S/C10H16N4O2S/c11-4-1-5-17-6-8(15)12-10-14-13-9(16-10)7-2-3-7/h7H,1-6,11H2,(H,12,14,15). The van der Waals surface area contributed by atoms with E-state index in [2.05, 4.69) is 15.5 Å². The maximum atomic E-state index is 11.5. The van der Waals surface area contributed by atoms with E-state index in [1.807, 2.05) is 0 Å². The molecule has 0 bridgehead atoms.